The number of aromatic carboxylic acids is 1. The second-order valence-corrected chi connectivity index (χ2v) is 10.4. The lowest BCUT2D eigenvalue weighted by Gasteiger charge is -2.15. The molecule has 0 spiro atoms. The minimum atomic E-state index is -1.50. The number of carboxylic acid groups (broad SMARTS) is 1. The van der Waals surface area contributed by atoms with Gasteiger partial charge in [0.25, 0.3) is 5.91 Å². The fraction of sp³-hybridized carbons (Fsp3) is 0.0870. The van der Waals surface area contributed by atoms with E-state index in [1.54, 1.807) is 55.5 Å². The zero-order valence-electron chi connectivity index (χ0n) is 17.7. The molecule has 3 aromatic rings. The highest BCUT2D eigenvalue weighted by Crippen LogP contribution is 2.42. The van der Waals surface area contributed by atoms with Gasteiger partial charge >= 0.3 is 5.97 Å². The van der Waals surface area contributed by atoms with Gasteiger partial charge in [0.2, 0.25) is 5.91 Å². The van der Waals surface area contributed by atoms with Gasteiger partial charge in [0.05, 0.1) is 36.5 Å². The van der Waals surface area contributed by atoms with Crippen molar-refractivity contribution in [1.29, 1.82) is 0 Å². The predicted molar refractivity (Wildman–Crippen MR) is 143 cm³/mol. The van der Waals surface area contributed by atoms with Gasteiger partial charge in [-0.15, -0.1) is 11.8 Å². The standard InChI is InChI=1S/C23H15Cl5N2O4S/c1-10(21(31)29-12-5-2-4-11(24)8-12)35-14-7-3-6-13(9-14)30-22(32)15-16(23(33)34)18(26)20(28)19(27)17(15)25/h2-10H,1H3,(H,29,31)(H,30,32)(H,33,34). The molecule has 0 fully saturated rings. The maximum Gasteiger partial charge on any atom is 0.338 e. The molecule has 35 heavy (non-hydrogen) atoms. The predicted octanol–water partition coefficient (Wildman–Crippen LogP) is 8.02. The number of thioether (sulfide) groups is 1. The third-order valence-corrected chi connectivity index (χ3v) is 7.71. The maximum atomic E-state index is 12.9. The first-order chi connectivity index (χ1) is 16.5. The average Bonchev–Trinajstić information content (AvgIpc) is 2.79. The molecule has 0 aromatic heterocycles. The molecule has 0 aliphatic carbocycles. The van der Waals surface area contributed by atoms with Crippen LogP contribution in [0.15, 0.2) is 53.4 Å². The molecule has 6 nitrogen and oxygen atoms in total. The van der Waals surface area contributed by atoms with E-state index < -0.39 is 33.3 Å². The molecule has 1 unspecified atom stereocenters. The smallest absolute Gasteiger partial charge is 0.338 e. The summed E-state index contributed by atoms with van der Waals surface area (Å²) in [7, 11) is 0. The van der Waals surface area contributed by atoms with E-state index in [-0.39, 0.29) is 21.0 Å². The molecule has 0 aliphatic rings. The summed E-state index contributed by atoms with van der Waals surface area (Å²) in [6.45, 7) is 1.73. The Labute approximate surface area is 229 Å². The molecule has 3 aromatic carbocycles. The first-order valence-electron chi connectivity index (χ1n) is 9.73. The normalized spacial score (nSPS) is 11.6. The minimum absolute atomic E-state index is 0.239. The minimum Gasteiger partial charge on any atom is -0.478 e. The molecular weight excluding hydrogens is 578 g/mol. The van der Waals surface area contributed by atoms with Crippen molar-refractivity contribution in [2.24, 2.45) is 0 Å². The molecule has 0 radical (unpaired) electrons. The van der Waals surface area contributed by atoms with Gasteiger partial charge in [0, 0.05) is 21.3 Å². The van der Waals surface area contributed by atoms with Crippen molar-refractivity contribution < 1.29 is 19.5 Å². The van der Waals surface area contributed by atoms with Crippen molar-refractivity contribution in [3.63, 3.8) is 0 Å². The summed E-state index contributed by atoms with van der Waals surface area (Å²) >= 11 is 31.3. The molecule has 0 bridgehead atoms. The van der Waals surface area contributed by atoms with Crippen LogP contribution in [0, 0.1) is 0 Å². The summed E-state index contributed by atoms with van der Waals surface area (Å²) in [5, 5.41) is 13.7. The Morgan fingerprint density at radius 1 is 0.800 bits per heavy atom. The fourth-order valence-electron chi connectivity index (χ4n) is 2.95. The number of hydrogen-bond donors (Lipinski definition) is 3. The molecule has 182 valence electrons. The highest BCUT2D eigenvalue weighted by Gasteiger charge is 2.29. The number of halogens is 5. The lowest BCUT2D eigenvalue weighted by Crippen LogP contribution is -2.22. The van der Waals surface area contributed by atoms with Crippen LogP contribution >= 0.6 is 69.8 Å². The Balaban J connectivity index is 1.78. The Hall–Kier alpha value is -2.13. The average molecular weight is 593 g/mol. The lowest BCUT2D eigenvalue weighted by molar-refractivity contribution is -0.115. The Kier molecular flexibility index (Phi) is 9.21. The van der Waals surface area contributed by atoms with Gasteiger partial charge in [-0.05, 0) is 43.3 Å². The quantitative estimate of drug-likeness (QED) is 0.147. The van der Waals surface area contributed by atoms with E-state index in [2.05, 4.69) is 10.6 Å². The number of amides is 2. The monoisotopic (exact) mass is 590 g/mol. The van der Waals surface area contributed by atoms with Crippen molar-refractivity contribution >= 4 is 98.9 Å². The maximum absolute atomic E-state index is 12.9. The van der Waals surface area contributed by atoms with E-state index in [0.29, 0.717) is 21.3 Å². The van der Waals surface area contributed by atoms with Crippen LogP contribution < -0.4 is 10.6 Å². The van der Waals surface area contributed by atoms with Gasteiger partial charge in [0.15, 0.2) is 0 Å². The van der Waals surface area contributed by atoms with Crippen molar-refractivity contribution in [2.75, 3.05) is 10.6 Å². The number of carboxylic acids is 1. The number of anilines is 2. The molecule has 0 saturated carbocycles. The second kappa shape index (κ2) is 11.7. The summed E-state index contributed by atoms with van der Waals surface area (Å²) in [5.74, 6) is -2.58. The van der Waals surface area contributed by atoms with Gasteiger partial charge in [-0.1, -0.05) is 70.1 Å². The molecular formula is C23H15Cl5N2O4S. The molecule has 0 saturated heterocycles. The molecule has 3 N–H and O–H groups in total. The van der Waals surface area contributed by atoms with E-state index in [4.69, 9.17) is 58.0 Å². The molecule has 0 heterocycles. The zero-order valence-corrected chi connectivity index (χ0v) is 22.3. The molecule has 3 rings (SSSR count). The summed E-state index contributed by atoms with van der Waals surface area (Å²) < 4.78 is 0. The van der Waals surface area contributed by atoms with Crippen LogP contribution in [-0.2, 0) is 4.79 Å². The molecule has 1 atom stereocenters. The fourth-order valence-corrected chi connectivity index (χ4v) is 5.09. The van der Waals surface area contributed by atoms with E-state index in [1.165, 1.54) is 11.8 Å². The second-order valence-electron chi connectivity index (χ2n) is 7.05. The third kappa shape index (κ3) is 6.55. The molecule has 2 amide bonds. The van der Waals surface area contributed by atoms with Crippen molar-refractivity contribution in [1.82, 2.24) is 0 Å². The Morgan fingerprint density at radius 3 is 1.97 bits per heavy atom. The van der Waals surface area contributed by atoms with Crippen LogP contribution in [0.1, 0.15) is 27.6 Å². The Morgan fingerprint density at radius 2 is 1.37 bits per heavy atom. The van der Waals surface area contributed by atoms with Crippen LogP contribution in [0.3, 0.4) is 0 Å². The van der Waals surface area contributed by atoms with Crippen molar-refractivity contribution in [2.45, 2.75) is 17.1 Å². The van der Waals surface area contributed by atoms with Gasteiger partial charge in [-0.2, -0.15) is 0 Å². The Bertz CT molecular complexity index is 1340. The number of rotatable bonds is 7. The number of carbonyl (C=O) groups excluding carboxylic acids is 2. The van der Waals surface area contributed by atoms with Gasteiger partial charge < -0.3 is 15.7 Å². The van der Waals surface area contributed by atoms with Crippen molar-refractivity contribution in [3.05, 3.63) is 84.8 Å². The summed E-state index contributed by atoms with van der Waals surface area (Å²) in [5.41, 5.74) is -0.0919. The number of benzene rings is 3. The van der Waals surface area contributed by atoms with Gasteiger partial charge in [-0.3, -0.25) is 9.59 Å². The lowest BCUT2D eigenvalue weighted by atomic mass is 10.1. The van der Waals surface area contributed by atoms with Crippen LogP contribution in [0.25, 0.3) is 0 Å². The van der Waals surface area contributed by atoms with Crippen LogP contribution in [0.5, 0.6) is 0 Å². The number of carbonyl (C=O) groups is 3. The first kappa shape index (κ1) is 27.5. The summed E-state index contributed by atoms with van der Waals surface area (Å²) in [6.07, 6.45) is 0. The van der Waals surface area contributed by atoms with Crippen LogP contribution in [0.4, 0.5) is 11.4 Å². The highest BCUT2D eigenvalue weighted by atomic mass is 35.5. The topological polar surface area (TPSA) is 95.5 Å². The van der Waals surface area contributed by atoms with Gasteiger partial charge in [-0.25, -0.2) is 4.79 Å². The van der Waals surface area contributed by atoms with E-state index >= 15 is 0 Å². The first-order valence-corrected chi connectivity index (χ1v) is 12.5. The largest absolute Gasteiger partial charge is 0.478 e. The molecule has 0 aliphatic heterocycles. The van der Waals surface area contributed by atoms with Crippen molar-refractivity contribution in [3.8, 4) is 0 Å². The van der Waals surface area contributed by atoms with E-state index in [1.807, 2.05) is 0 Å². The summed E-state index contributed by atoms with van der Waals surface area (Å²) in [4.78, 5) is 37.9. The zero-order chi connectivity index (χ0) is 25.9. The highest BCUT2D eigenvalue weighted by molar-refractivity contribution is 8.00. The van der Waals surface area contributed by atoms with E-state index in [0.717, 1.165) is 0 Å². The third-order valence-electron chi connectivity index (χ3n) is 4.57. The SMILES string of the molecule is CC(Sc1cccc(NC(=O)c2c(Cl)c(Cl)c(Cl)c(Cl)c2C(=O)O)c1)C(=O)Nc1cccc(Cl)c1. The number of nitrogens with one attached hydrogen (secondary N) is 2. The van der Waals surface area contributed by atoms with E-state index in [9.17, 15) is 19.5 Å². The van der Waals surface area contributed by atoms with Crippen LogP contribution in [-0.4, -0.2) is 28.1 Å². The summed E-state index contributed by atoms with van der Waals surface area (Å²) in [6, 6.07) is 13.4. The molecule has 12 heteroatoms. The van der Waals surface area contributed by atoms with Gasteiger partial charge in [0.1, 0.15) is 0 Å². The number of hydrogen-bond acceptors (Lipinski definition) is 4. The van der Waals surface area contributed by atoms with Crippen LogP contribution in [0.2, 0.25) is 25.1 Å².